The highest BCUT2D eigenvalue weighted by Gasteiger charge is 2.48. The van der Waals surface area contributed by atoms with Crippen LogP contribution >= 0.6 is 0 Å². The Morgan fingerprint density at radius 3 is 2.66 bits per heavy atom. The van der Waals surface area contributed by atoms with Gasteiger partial charge in [0.05, 0.1) is 19.0 Å². The minimum atomic E-state index is -3.15. The normalized spacial score (nSPS) is 21.0. The zero-order valence-electron chi connectivity index (χ0n) is 21.4. The number of anilines is 3. The van der Waals surface area contributed by atoms with E-state index >= 15 is 0 Å². The molecule has 2 aromatic heterocycles. The minimum Gasteiger partial charge on any atom is -0.477 e. The van der Waals surface area contributed by atoms with Gasteiger partial charge in [0.2, 0.25) is 11.8 Å². The Labute approximate surface area is 218 Å². The second kappa shape index (κ2) is 11.7. The van der Waals surface area contributed by atoms with Crippen molar-refractivity contribution in [1.82, 2.24) is 29.7 Å². The fourth-order valence-corrected chi connectivity index (χ4v) is 4.26. The maximum atomic E-state index is 14.9. The number of alkyl halides is 2. The average molecular weight is 536 g/mol. The molecule has 0 aromatic carbocycles. The summed E-state index contributed by atoms with van der Waals surface area (Å²) in [6, 6.07) is -0.762. The Kier molecular flexibility index (Phi) is 8.34. The summed E-state index contributed by atoms with van der Waals surface area (Å²) >= 11 is 0. The Morgan fingerprint density at radius 2 is 1.97 bits per heavy atom. The van der Waals surface area contributed by atoms with Gasteiger partial charge < -0.3 is 24.2 Å². The molecular weight excluding hydrogens is 504 g/mol. The van der Waals surface area contributed by atoms with Crippen LogP contribution in [-0.2, 0) is 4.74 Å². The summed E-state index contributed by atoms with van der Waals surface area (Å²) in [6.45, 7) is 3.43. The molecule has 0 spiro atoms. The first-order chi connectivity index (χ1) is 18.1. The van der Waals surface area contributed by atoms with Crippen LogP contribution in [0.4, 0.5) is 36.0 Å². The van der Waals surface area contributed by atoms with E-state index in [1.165, 1.54) is 31.7 Å². The van der Waals surface area contributed by atoms with Gasteiger partial charge in [0, 0.05) is 45.8 Å². The van der Waals surface area contributed by atoms with E-state index in [0.717, 1.165) is 17.9 Å². The highest BCUT2D eigenvalue weighted by Crippen LogP contribution is 2.33. The lowest BCUT2D eigenvalue weighted by molar-refractivity contribution is -0.0760. The van der Waals surface area contributed by atoms with Crippen LogP contribution in [0.15, 0.2) is 24.7 Å². The lowest BCUT2D eigenvalue weighted by Gasteiger charge is -2.42. The summed E-state index contributed by atoms with van der Waals surface area (Å²) in [5, 5.41) is 5.04. The SMILES string of the molecule is CCOc1cnc(NC(=O)N(C)C2CN(c3nccc(NC(=O)OC4CCN(C)C4)n3)CCC2(F)F)cn1. The fourth-order valence-electron chi connectivity index (χ4n) is 4.26. The molecule has 206 valence electrons. The smallest absolute Gasteiger partial charge is 0.413 e. The van der Waals surface area contributed by atoms with Crippen LogP contribution < -0.4 is 20.3 Å². The van der Waals surface area contributed by atoms with E-state index in [-0.39, 0.29) is 42.7 Å². The predicted octanol–water partition coefficient (Wildman–Crippen LogP) is 2.30. The molecule has 2 N–H and O–H groups in total. The first-order valence-corrected chi connectivity index (χ1v) is 12.2. The summed E-state index contributed by atoms with van der Waals surface area (Å²) in [6.07, 6.45) is 3.41. The third-order valence-corrected chi connectivity index (χ3v) is 6.32. The number of ether oxygens (including phenoxy) is 2. The highest BCUT2D eigenvalue weighted by atomic mass is 19.3. The number of carbonyl (C=O) groups excluding carboxylic acids is 2. The van der Waals surface area contributed by atoms with Crippen LogP contribution in [0.25, 0.3) is 0 Å². The Bertz CT molecular complexity index is 1120. The second-order valence-electron chi connectivity index (χ2n) is 9.13. The van der Waals surface area contributed by atoms with Gasteiger partial charge in [-0.3, -0.25) is 10.6 Å². The van der Waals surface area contributed by atoms with E-state index in [0.29, 0.717) is 13.2 Å². The number of piperidine rings is 1. The van der Waals surface area contributed by atoms with Crippen molar-refractivity contribution in [3.63, 3.8) is 0 Å². The van der Waals surface area contributed by atoms with Crippen molar-refractivity contribution in [2.24, 2.45) is 0 Å². The molecular formula is C23H31F2N9O4. The molecule has 13 nitrogen and oxygen atoms in total. The Hall–Kier alpha value is -3.88. The number of nitrogens with zero attached hydrogens (tertiary/aromatic N) is 7. The lowest BCUT2D eigenvalue weighted by Crippen LogP contribution is -2.60. The van der Waals surface area contributed by atoms with E-state index in [2.05, 4.69) is 35.5 Å². The molecule has 38 heavy (non-hydrogen) atoms. The quantitative estimate of drug-likeness (QED) is 0.543. The standard InChI is InChI=1S/C23H31F2N9O4/c1-4-37-19-12-27-18(11-28-19)30-21(35)33(3)16-14-34(10-7-23(16,24)25)20-26-8-5-17(29-20)31-22(36)38-15-6-9-32(2)13-15/h5,8,11-12,15-16H,4,6-7,9-10,13-14H2,1-3H3,(H,27,30,35)(H,26,29,31,36). The molecule has 2 fully saturated rings. The summed E-state index contributed by atoms with van der Waals surface area (Å²) in [5.74, 6) is -2.44. The molecule has 3 amide bonds. The van der Waals surface area contributed by atoms with Crippen molar-refractivity contribution < 1.29 is 27.8 Å². The van der Waals surface area contributed by atoms with Gasteiger partial charge in [0.15, 0.2) is 5.82 Å². The van der Waals surface area contributed by atoms with Gasteiger partial charge in [-0.1, -0.05) is 0 Å². The number of aromatic nitrogens is 4. The molecule has 4 heterocycles. The Morgan fingerprint density at radius 1 is 1.16 bits per heavy atom. The van der Waals surface area contributed by atoms with Gasteiger partial charge in [-0.25, -0.2) is 33.3 Å². The predicted molar refractivity (Wildman–Crippen MR) is 134 cm³/mol. The van der Waals surface area contributed by atoms with Gasteiger partial charge in [-0.15, -0.1) is 0 Å². The van der Waals surface area contributed by atoms with Gasteiger partial charge in [0.25, 0.3) is 5.92 Å². The molecule has 15 heteroatoms. The Balaban J connectivity index is 1.39. The van der Waals surface area contributed by atoms with Crippen LogP contribution in [-0.4, -0.2) is 107 Å². The fraction of sp³-hybridized carbons (Fsp3) is 0.565. The average Bonchev–Trinajstić information content (AvgIpc) is 3.29. The van der Waals surface area contributed by atoms with E-state index in [4.69, 9.17) is 9.47 Å². The summed E-state index contributed by atoms with van der Waals surface area (Å²) in [4.78, 5) is 46.1. The number of likely N-dealkylation sites (tertiary alicyclic amines) is 1. The van der Waals surface area contributed by atoms with Crippen LogP contribution in [0, 0.1) is 0 Å². The van der Waals surface area contributed by atoms with Crippen molar-refractivity contribution >= 4 is 29.7 Å². The molecule has 2 aliphatic heterocycles. The maximum Gasteiger partial charge on any atom is 0.413 e. The molecule has 0 saturated carbocycles. The molecule has 4 rings (SSSR count). The molecule has 0 aliphatic carbocycles. The number of carbonyl (C=O) groups is 2. The number of halogens is 2. The van der Waals surface area contributed by atoms with Crippen molar-refractivity contribution in [3.05, 3.63) is 24.7 Å². The maximum absolute atomic E-state index is 14.9. The van der Waals surface area contributed by atoms with Gasteiger partial charge in [-0.2, -0.15) is 4.98 Å². The van der Waals surface area contributed by atoms with Gasteiger partial charge in [0.1, 0.15) is 18.0 Å². The molecule has 2 saturated heterocycles. The first-order valence-electron chi connectivity index (χ1n) is 12.2. The van der Waals surface area contributed by atoms with E-state index in [1.54, 1.807) is 11.8 Å². The van der Waals surface area contributed by atoms with Crippen LogP contribution in [0.2, 0.25) is 0 Å². The highest BCUT2D eigenvalue weighted by molar-refractivity contribution is 5.88. The number of urea groups is 1. The molecule has 2 aromatic rings. The van der Waals surface area contributed by atoms with Gasteiger partial charge in [-0.05, 0) is 26.5 Å². The summed E-state index contributed by atoms with van der Waals surface area (Å²) in [5.41, 5.74) is 0. The molecule has 2 atom stereocenters. The minimum absolute atomic E-state index is 0.0361. The number of likely N-dealkylation sites (N-methyl/N-ethyl adjacent to an activating group) is 2. The molecule has 0 radical (unpaired) electrons. The zero-order valence-corrected chi connectivity index (χ0v) is 21.4. The third kappa shape index (κ3) is 6.70. The summed E-state index contributed by atoms with van der Waals surface area (Å²) in [7, 11) is 3.23. The number of hydrogen-bond donors (Lipinski definition) is 2. The van der Waals surface area contributed by atoms with Crippen molar-refractivity contribution in [3.8, 4) is 5.88 Å². The monoisotopic (exact) mass is 535 g/mol. The topological polar surface area (TPSA) is 138 Å². The van der Waals surface area contributed by atoms with Crippen molar-refractivity contribution in [1.29, 1.82) is 0 Å². The molecule has 2 aliphatic rings. The second-order valence-corrected chi connectivity index (χ2v) is 9.13. The van der Waals surface area contributed by atoms with Crippen molar-refractivity contribution in [2.45, 2.75) is 37.8 Å². The molecule has 2 unspecified atom stereocenters. The first kappa shape index (κ1) is 27.2. The van der Waals surface area contributed by atoms with Crippen LogP contribution in [0.1, 0.15) is 19.8 Å². The van der Waals surface area contributed by atoms with Crippen molar-refractivity contribution in [2.75, 3.05) is 62.4 Å². The third-order valence-electron chi connectivity index (χ3n) is 6.32. The van der Waals surface area contributed by atoms with Crippen LogP contribution in [0.3, 0.4) is 0 Å². The number of hydrogen-bond acceptors (Lipinski definition) is 10. The molecule has 0 bridgehead atoms. The zero-order chi connectivity index (χ0) is 27.3. The van der Waals surface area contributed by atoms with E-state index < -0.39 is 30.5 Å². The number of amides is 3. The van der Waals surface area contributed by atoms with Crippen LogP contribution in [0.5, 0.6) is 5.88 Å². The van der Waals surface area contributed by atoms with E-state index in [1.807, 2.05) is 7.05 Å². The number of rotatable bonds is 7. The largest absolute Gasteiger partial charge is 0.477 e. The number of nitrogens with one attached hydrogen (secondary N) is 2. The lowest BCUT2D eigenvalue weighted by atomic mass is 10.00. The van der Waals surface area contributed by atoms with Gasteiger partial charge >= 0.3 is 12.1 Å². The summed E-state index contributed by atoms with van der Waals surface area (Å²) < 4.78 is 40.4. The van der Waals surface area contributed by atoms with E-state index in [9.17, 15) is 18.4 Å².